The van der Waals surface area contributed by atoms with E-state index in [4.69, 9.17) is 5.73 Å². The summed E-state index contributed by atoms with van der Waals surface area (Å²) in [5, 5.41) is 3.00. The van der Waals surface area contributed by atoms with Crippen molar-refractivity contribution in [2.24, 2.45) is 11.7 Å². The van der Waals surface area contributed by atoms with E-state index in [2.05, 4.69) is 17.2 Å². The van der Waals surface area contributed by atoms with Crippen LogP contribution in [-0.2, 0) is 4.79 Å². The van der Waals surface area contributed by atoms with Gasteiger partial charge in [-0.2, -0.15) is 0 Å². The lowest BCUT2D eigenvalue weighted by Gasteiger charge is -2.17. The predicted octanol–water partition coefficient (Wildman–Crippen LogP) is 2.80. The third-order valence-corrected chi connectivity index (χ3v) is 3.56. The zero-order valence-electron chi connectivity index (χ0n) is 12.6. The van der Waals surface area contributed by atoms with Crippen molar-refractivity contribution in [2.45, 2.75) is 52.0 Å². The molecule has 0 aliphatic heterocycles. The number of pyridine rings is 1. The number of hydrogen-bond donors (Lipinski definition) is 2. The van der Waals surface area contributed by atoms with Crippen LogP contribution in [0.4, 0.5) is 0 Å². The first-order valence-electron chi connectivity index (χ1n) is 7.57. The van der Waals surface area contributed by atoms with Crippen LogP contribution in [0.5, 0.6) is 0 Å². The number of nitrogens with two attached hydrogens (primary N) is 1. The van der Waals surface area contributed by atoms with Crippen LogP contribution in [0, 0.1) is 5.92 Å². The van der Waals surface area contributed by atoms with Gasteiger partial charge in [-0.25, -0.2) is 0 Å². The van der Waals surface area contributed by atoms with E-state index in [9.17, 15) is 4.79 Å². The highest BCUT2D eigenvalue weighted by Gasteiger charge is 2.13. The molecule has 1 rings (SSSR count). The van der Waals surface area contributed by atoms with Crippen molar-refractivity contribution < 1.29 is 4.79 Å². The smallest absolute Gasteiger partial charge is 0.220 e. The molecule has 0 spiro atoms. The maximum absolute atomic E-state index is 12.0. The normalized spacial score (nSPS) is 13.8. The molecule has 3 N–H and O–H groups in total. The minimum absolute atomic E-state index is 0.0390. The van der Waals surface area contributed by atoms with Gasteiger partial charge in [0.1, 0.15) is 0 Å². The Morgan fingerprint density at radius 3 is 2.75 bits per heavy atom. The second-order valence-electron chi connectivity index (χ2n) is 5.31. The van der Waals surface area contributed by atoms with Crippen LogP contribution in [0.2, 0.25) is 0 Å². The van der Waals surface area contributed by atoms with E-state index >= 15 is 0 Å². The van der Waals surface area contributed by atoms with Crippen LogP contribution in [0.3, 0.4) is 0 Å². The van der Waals surface area contributed by atoms with Gasteiger partial charge in [0.25, 0.3) is 0 Å². The van der Waals surface area contributed by atoms with Crippen molar-refractivity contribution >= 4 is 5.91 Å². The molecule has 2 atom stereocenters. The second kappa shape index (κ2) is 9.48. The Balaban J connectivity index is 2.35. The van der Waals surface area contributed by atoms with Gasteiger partial charge < -0.3 is 11.1 Å². The second-order valence-corrected chi connectivity index (χ2v) is 5.31. The van der Waals surface area contributed by atoms with Gasteiger partial charge in [0.2, 0.25) is 5.91 Å². The van der Waals surface area contributed by atoms with Crippen LogP contribution in [-0.4, -0.2) is 17.4 Å². The molecule has 20 heavy (non-hydrogen) atoms. The summed E-state index contributed by atoms with van der Waals surface area (Å²) in [6, 6.07) is 5.70. The Morgan fingerprint density at radius 1 is 1.35 bits per heavy atom. The third kappa shape index (κ3) is 6.15. The van der Waals surface area contributed by atoms with Gasteiger partial charge in [0.05, 0.1) is 11.7 Å². The molecule has 1 aromatic rings. The van der Waals surface area contributed by atoms with Gasteiger partial charge in [-0.1, -0.05) is 25.8 Å². The highest BCUT2D eigenvalue weighted by atomic mass is 16.1. The average Bonchev–Trinajstić information content (AvgIpc) is 2.46. The summed E-state index contributed by atoms with van der Waals surface area (Å²) in [4.78, 5) is 16.2. The topological polar surface area (TPSA) is 68.0 Å². The highest BCUT2D eigenvalue weighted by Crippen LogP contribution is 2.17. The average molecular weight is 277 g/mol. The van der Waals surface area contributed by atoms with Gasteiger partial charge in [0.15, 0.2) is 0 Å². The minimum atomic E-state index is -0.0390. The molecule has 1 heterocycles. The number of nitrogens with one attached hydrogen (secondary N) is 1. The molecule has 1 unspecified atom stereocenters. The van der Waals surface area contributed by atoms with Crippen molar-refractivity contribution in [3.05, 3.63) is 30.1 Å². The van der Waals surface area contributed by atoms with Crippen LogP contribution in [0.1, 0.15) is 57.7 Å². The van der Waals surface area contributed by atoms with Gasteiger partial charge in [-0.05, 0) is 44.4 Å². The van der Waals surface area contributed by atoms with E-state index in [1.54, 1.807) is 6.20 Å². The van der Waals surface area contributed by atoms with Crippen molar-refractivity contribution in [3.8, 4) is 0 Å². The molecule has 0 fully saturated rings. The standard InChI is InChI=1S/C16H27N3O/c1-3-6-14(10-11-17)8-9-16(20)19-13(2)15-7-4-5-12-18-15/h4-5,7,12-14H,3,6,8-11,17H2,1-2H3,(H,19,20)/t13-,14?/m1/s1. The minimum Gasteiger partial charge on any atom is -0.348 e. The SMILES string of the molecule is CCCC(CCN)CCC(=O)N[C@H](C)c1ccccn1. The number of nitrogens with zero attached hydrogens (tertiary/aromatic N) is 1. The molecule has 112 valence electrons. The van der Waals surface area contributed by atoms with Crippen molar-refractivity contribution in [2.75, 3.05) is 6.54 Å². The Bertz CT molecular complexity index is 375. The number of amides is 1. The Hall–Kier alpha value is -1.42. The molecule has 0 aromatic carbocycles. The van der Waals surface area contributed by atoms with E-state index in [-0.39, 0.29) is 11.9 Å². The quantitative estimate of drug-likeness (QED) is 0.729. The lowest BCUT2D eigenvalue weighted by Crippen LogP contribution is -2.27. The summed E-state index contributed by atoms with van der Waals surface area (Å²) in [5.74, 6) is 0.669. The monoisotopic (exact) mass is 277 g/mol. The third-order valence-electron chi connectivity index (χ3n) is 3.56. The van der Waals surface area contributed by atoms with Crippen LogP contribution in [0.25, 0.3) is 0 Å². The first-order chi connectivity index (χ1) is 9.67. The van der Waals surface area contributed by atoms with Crippen LogP contribution < -0.4 is 11.1 Å². The molecule has 1 amide bonds. The molecule has 0 bridgehead atoms. The Labute approximate surface area is 122 Å². The van der Waals surface area contributed by atoms with E-state index in [0.29, 0.717) is 18.9 Å². The summed E-state index contributed by atoms with van der Waals surface area (Å²) in [5.41, 5.74) is 6.51. The fraction of sp³-hybridized carbons (Fsp3) is 0.625. The molecule has 0 radical (unpaired) electrons. The Morgan fingerprint density at radius 2 is 2.15 bits per heavy atom. The summed E-state index contributed by atoms with van der Waals surface area (Å²) in [7, 11) is 0. The van der Waals surface area contributed by atoms with Gasteiger partial charge in [-0.15, -0.1) is 0 Å². The molecule has 0 aliphatic rings. The molecular formula is C16H27N3O. The number of aromatic nitrogens is 1. The number of carbonyl (C=O) groups excluding carboxylic acids is 1. The number of rotatable bonds is 9. The van der Waals surface area contributed by atoms with Crippen LogP contribution >= 0.6 is 0 Å². The molecule has 4 heteroatoms. The number of carbonyl (C=O) groups is 1. The molecule has 0 aliphatic carbocycles. The molecule has 0 saturated heterocycles. The summed E-state index contributed by atoms with van der Waals surface area (Å²) < 4.78 is 0. The van der Waals surface area contributed by atoms with Gasteiger partial charge >= 0.3 is 0 Å². The highest BCUT2D eigenvalue weighted by molar-refractivity contribution is 5.76. The zero-order valence-corrected chi connectivity index (χ0v) is 12.6. The lowest BCUT2D eigenvalue weighted by molar-refractivity contribution is -0.122. The summed E-state index contributed by atoms with van der Waals surface area (Å²) in [6.07, 6.45) is 6.55. The summed E-state index contributed by atoms with van der Waals surface area (Å²) in [6.45, 7) is 4.84. The predicted molar refractivity (Wildman–Crippen MR) is 82.1 cm³/mol. The molecular weight excluding hydrogens is 250 g/mol. The van der Waals surface area contributed by atoms with Crippen LogP contribution in [0.15, 0.2) is 24.4 Å². The maximum atomic E-state index is 12.0. The Kier molecular flexibility index (Phi) is 7.88. The van der Waals surface area contributed by atoms with Gasteiger partial charge in [-0.3, -0.25) is 9.78 Å². The van der Waals surface area contributed by atoms with E-state index in [0.717, 1.165) is 31.4 Å². The molecule has 4 nitrogen and oxygen atoms in total. The fourth-order valence-corrected chi connectivity index (χ4v) is 2.43. The van der Waals surface area contributed by atoms with E-state index in [1.165, 1.54) is 0 Å². The van der Waals surface area contributed by atoms with E-state index in [1.807, 2.05) is 25.1 Å². The van der Waals surface area contributed by atoms with Crippen molar-refractivity contribution in [1.82, 2.24) is 10.3 Å². The molecule has 0 saturated carbocycles. The largest absolute Gasteiger partial charge is 0.348 e. The number of hydrogen-bond acceptors (Lipinski definition) is 3. The first kappa shape index (κ1) is 16.6. The maximum Gasteiger partial charge on any atom is 0.220 e. The first-order valence-corrected chi connectivity index (χ1v) is 7.57. The van der Waals surface area contributed by atoms with Crippen molar-refractivity contribution in [1.29, 1.82) is 0 Å². The zero-order chi connectivity index (χ0) is 14.8. The van der Waals surface area contributed by atoms with Crippen molar-refractivity contribution in [3.63, 3.8) is 0 Å². The van der Waals surface area contributed by atoms with Gasteiger partial charge in [0, 0.05) is 12.6 Å². The molecule has 1 aromatic heterocycles. The summed E-state index contributed by atoms with van der Waals surface area (Å²) >= 11 is 0. The fourth-order valence-electron chi connectivity index (χ4n) is 2.43. The van der Waals surface area contributed by atoms with E-state index < -0.39 is 0 Å². The lowest BCUT2D eigenvalue weighted by atomic mass is 9.94.